The van der Waals surface area contributed by atoms with Crippen LogP contribution < -0.4 is 5.32 Å². The fourth-order valence-corrected chi connectivity index (χ4v) is 3.83. The maximum Gasteiger partial charge on any atom is 0.338 e. The van der Waals surface area contributed by atoms with Gasteiger partial charge in [0.1, 0.15) is 0 Å². The number of carbonyl (C=O) groups is 2. The van der Waals surface area contributed by atoms with Crippen molar-refractivity contribution in [1.29, 1.82) is 0 Å². The van der Waals surface area contributed by atoms with Gasteiger partial charge in [0.25, 0.3) is 5.91 Å². The van der Waals surface area contributed by atoms with Crippen molar-refractivity contribution >= 4 is 29.2 Å². The summed E-state index contributed by atoms with van der Waals surface area (Å²) < 4.78 is 4.96. The Morgan fingerprint density at radius 1 is 1.17 bits per heavy atom. The van der Waals surface area contributed by atoms with Crippen molar-refractivity contribution in [2.75, 3.05) is 25.0 Å². The number of likely N-dealkylation sites (tertiary alicyclic amines) is 1. The van der Waals surface area contributed by atoms with Gasteiger partial charge in [0.2, 0.25) is 0 Å². The number of hydrogen-bond donors (Lipinski definition) is 1. The van der Waals surface area contributed by atoms with Crippen molar-refractivity contribution in [2.45, 2.75) is 33.2 Å². The van der Waals surface area contributed by atoms with Gasteiger partial charge in [0, 0.05) is 18.7 Å². The molecule has 0 saturated carbocycles. The number of hydrogen-bond acceptors (Lipinski definition) is 4. The summed E-state index contributed by atoms with van der Waals surface area (Å²) >= 11 is 6.22. The van der Waals surface area contributed by atoms with Crippen LogP contribution in [0.4, 0.5) is 5.69 Å². The van der Waals surface area contributed by atoms with E-state index in [1.807, 2.05) is 24.3 Å². The van der Waals surface area contributed by atoms with E-state index in [4.69, 9.17) is 16.3 Å². The quantitative estimate of drug-likeness (QED) is 0.675. The lowest BCUT2D eigenvalue weighted by Gasteiger charge is -2.30. The Morgan fingerprint density at radius 2 is 1.90 bits per heavy atom. The minimum atomic E-state index is -0.439. The van der Waals surface area contributed by atoms with Gasteiger partial charge in [-0.15, -0.1) is 0 Å². The maximum atomic E-state index is 12.6. The van der Waals surface area contributed by atoms with Crippen LogP contribution in [-0.2, 0) is 11.3 Å². The number of halogens is 1. The summed E-state index contributed by atoms with van der Waals surface area (Å²) in [5.74, 6) is 0.0636. The van der Waals surface area contributed by atoms with Crippen LogP contribution in [-0.4, -0.2) is 36.5 Å². The molecule has 1 fully saturated rings. The lowest BCUT2D eigenvalue weighted by Crippen LogP contribution is -2.33. The normalized spacial score (nSPS) is 17.0. The number of nitrogens with zero attached hydrogens (tertiary/aromatic N) is 1. The lowest BCUT2D eigenvalue weighted by atomic mass is 9.99. The van der Waals surface area contributed by atoms with Crippen LogP contribution in [0.15, 0.2) is 42.5 Å². The summed E-state index contributed by atoms with van der Waals surface area (Å²) in [6, 6.07) is 12.4. The van der Waals surface area contributed by atoms with E-state index in [-0.39, 0.29) is 5.91 Å². The second-order valence-electron chi connectivity index (χ2n) is 7.55. The average molecular weight is 415 g/mol. The molecule has 1 aliphatic heterocycles. The molecule has 2 aromatic carbocycles. The van der Waals surface area contributed by atoms with Crippen LogP contribution in [0.3, 0.4) is 0 Å². The van der Waals surface area contributed by atoms with E-state index < -0.39 is 5.97 Å². The molecule has 1 atom stereocenters. The van der Waals surface area contributed by atoms with E-state index in [2.05, 4.69) is 17.1 Å². The van der Waals surface area contributed by atoms with Crippen LogP contribution in [0.5, 0.6) is 0 Å². The number of rotatable bonds is 6. The molecule has 0 aliphatic carbocycles. The fraction of sp³-hybridized carbons (Fsp3) is 0.391. The van der Waals surface area contributed by atoms with Crippen LogP contribution in [0, 0.1) is 5.92 Å². The molecule has 6 heteroatoms. The summed E-state index contributed by atoms with van der Waals surface area (Å²) in [5, 5.41) is 3.09. The second kappa shape index (κ2) is 9.90. The average Bonchev–Trinajstić information content (AvgIpc) is 2.70. The SMILES string of the molecule is CCOC(=O)c1ccc(NC(=O)c2ccc(CN3CCC[C@@H](C)C3)cc2)c(Cl)c1. The molecule has 0 radical (unpaired) electrons. The highest BCUT2D eigenvalue weighted by atomic mass is 35.5. The molecule has 1 heterocycles. The van der Waals surface area contributed by atoms with Gasteiger partial charge in [0.05, 0.1) is 22.9 Å². The van der Waals surface area contributed by atoms with Crippen molar-refractivity contribution in [1.82, 2.24) is 4.90 Å². The smallest absolute Gasteiger partial charge is 0.338 e. The van der Waals surface area contributed by atoms with E-state index in [1.165, 1.54) is 24.5 Å². The number of anilines is 1. The number of amides is 1. The van der Waals surface area contributed by atoms with Crippen LogP contribution in [0.25, 0.3) is 0 Å². The predicted molar refractivity (Wildman–Crippen MR) is 115 cm³/mol. The van der Waals surface area contributed by atoms with Crippen LogP contribution >= 0.6 is 11.6 Å². The lowest BCUT2D eigenvalue weighted by molar-refractivity contribution is 0.0526. The van der Waals surface area contributed by atoms with Crippen molar-refractivity contribution in [2.24, 2.45) is 5.92 Å². The van der Waals surface area contributed by atoms with Gasteiger partial charge in [-0.05, 0) is 68.1 Å². The van der Waals surface area contributed by atoms with Gasteiger partial charge in [-0.1, -0.05) is 30.7 Å². The van der Waals surface area contributed by atoms with Gasteiger partial charge in [-0.25, -0.2) is 4.79 Å². The third kappa shape index (κ3) is 5.81. The van der Waals surface area contributed by atoms with Gasteiger partial charge in [-0.2, -0.15) is 0 Å². The van der Waals surface area contributed by atoms with Crippen LogP contribution in [0.1, 0.15) is 53.0 Å². The first-order valence-electron chi connectivity index (χ1n) is 10.1. The molecule has 1 aliphatic rings. The van der Waals surface area contributed by atoms with E-state index >= 15 is 0 Å². The van der Waals surface area contributed by atoms with Crippen molar-refractivity contribution in [3.05, 3.63) is 64.2 Å². The Hall–Kier alpha value is -2.37. The number of carbonyl (C=O) groups excluding carboxylic acids is 2. The highest BCUT2D eigenvalue weighted by Gasteiger charge is 2.17. The molecule has 1 saturated heterocycles. The zero-order valence-electron chi connectivity index (χ0n) is 16.9. The Bertz CT molecular complexity index is 867. The Kier molecular flexibility index (Phi) is 7.29. The second-order valence-corrected chi connectivity index (χ2v) is 7.96. The van der Waals surface area contributed by atoms with Gasteiger partial charge >= 0.3 is 5.97 Å². The topological polar surface area (TPSA) is 58.6 Å². The van der Waals surface area contributed by atoms with E-state index in [1.54, 1.807) is 19.1 Å². The van der Waals surface area contributed by atoms with Gasteiger partial charge < -0.3 is 10.1 Å². The molecule has 29 heavy (non-hydrogen) atoms. The van der Waals surface area contributed by atoms with Crippen molar-refractivity contribution < 1.29 is 14.3 Å². The Morgan fingerprint density at radius 3 is 2.55 bits per heavy atom. The molecule has 1 N–H and O–H groups in total. The van der Waals surface area contributed by atoms with Gasteiger partial charge in [0.15, 0.2) is 0 Å². The molecule has 3 rings (SSSR count). The van der Waals surface area contributed by atoms with E-state index in [0.29, 0.717) is 28.4 Å². The minimum Gasteiger partial charge on any atom is -0.462 e. The van der Waals surface area contributed by atoms with Gasteiger partial charge in [-0.3, -0.25) is 9.69 Å². The summed E-state index contributed by atoms with van der Waals surface area (Å²) in [6.45, 7) is 7.50. The number of nitrogens with one attached hydrogen (secondary N) is 1. The molecular formula is C23H27ClN2O3. The number of esters is 1. The highest BCUT2D eigenvalue weighted by Crippen LogP contribution is 2.24. The predicted octanol–water partition coefficient (Wildman–Crippen LogP) is 5.00. The molecule has 5 nitrogen and oxygen atoms in total. The Labute approximate surface area is 177 Å². The third-order valence-electron chi connectivity index (χ3n) is 5.09. The summed E-state index contributed by atoms with van der Waals surface area (Å²) in [4.78, 5) is 26.8. The zero-order chi connectivity index (χ0) is 20.8. The number of benzene rings is 2. The highest BCUT2D eigenvalue weighted by molar-refractivity contribution is 6.34. The van der Waals surface area contributed by atoms with Crippen molar-refractivity contribution in [3.8, 4) is 0 Å². The minimum absolute atomic E-state index is 0.242. The standard InChI is InChI=1S/C23H27ClN2O3/c1-3-29-23(28)19-10-11-21(20(24)13-19)25-22(27)18-8-6-17(7-9-18)15-26-12-4-5-16(2)14-26/h6-11,13,16H,3-5,12,14-15H2,1-2H3,(H,25,27)/t16-/m1/s1. The fourth-order valence-electron chi connectivity index (χ4n) is 3.60. The molecule has 0 bridgehead atoms. The first-order chi connectivity index (χ1) is 14.0. The number of piperidine rings is 1. The Balaban J connectivity index is 1.61. The monoisotopic (exact) mass is 414 g/mol. The van der Waals surface area contributed by atoms with Crippen molar-refractivity contribution in [3.63, 3.8) is 0 Å². The first kappa shape index (κ1) is 21.3. The zero-order valence-corrected chi connectivity index (χ0v) is 17.7. The summed E-state index contributed by atoms with van der Waals surface area (Å²) in [6.07, 6.45) is 2.55. The molecule has 0 spiro atoms. The molecular weight excluding hydrogens is 388 g/mol. The molecule has 0 aromatic heterocycles. The molecule has 2 aromatic rings. The molecule has 0 unspecified atom stereocenters. The summed E-state index contributed by atoms with van der Waals surface area (Å²) in [7, 11) is 0. The van der Waals surface area contributed by atoms with Crippen LogP contribution in [0.2, 0.25) is 5.02 Å². The van der Waals surface area contributed by atoms with E-state index in [9.17, 15) is 9.59 Å². The van der Waals surface area contributed by atoms with E-state index in [0.717, 1.165) is 25.6 Å². The number of ether oxygens (including phenoxy) is 1. The third-order valence-corrected chi connectivity index (χ3v) is 5.40. The first-order valence-corrected chi connectivity index (χ1v) is 10.4. The maximum absolute atomic E-state index is 12.6. The summed E-state index contributed by atoms with van der Waals surface area (Å²) in [5.41, 5.74) is 2.57. The molecule has 1 amide bonds. The largest absolute Gasteiger partial charge is 0.462 e. The molecule has 154 valence electrons.